The minimum absolute atomic E-state index is 0.0681. The van der Waals surface area contributed by atoms with Crippen molar-refractivity contribution < 1.29 is 24.2 Å². The Morgan fingerprint density at radius 1 is 1.21 bits per heavy atom. The highest BCUT2D eigenvalue weighted by molar-refractivity contribution is 7.14. The van der Waals surface area contributed by atoms with Crippen LogP contribution in [0.15, 0.2) is 41.3 Å². The highest BCUT2D eigenvalue weighted by atomic mass is 35.5. The number of methoxy groups -OCH3 is 1. The summed E-state index contributed by atoms with van der Waals surface area (Å²) in [7, 11) is 1.63. The third-order valence-corrected chi connectivity index (χ3v) is 7.21. The molecule has 38 heavy (non-hydrogen) atoms. The number of carbonyl (C=O) groups excluding carboxylic acids is 1. The summed E-state index contributed by atoms with van der Waals surface area (Å²) in [5.74, 6) is -0.843. The van der Waals surface area contributed by atoms with Crippen LogP contribution in [0.1, 0.15) is 67.6 Å². The van der Waals surface area contributed by atoms with E-state index in [2.05, 4.69) is 24.1 Å². The quantitative estimate of drug-likeness (QED) is 0.167. The Hall–Kier alpha value is -2.91. The molecule has 0 unspecified atom stereocenters. The van der Waals surface area contributed by atoms with Crippen molar-refractivity contribution in [1.29, 1.82) is 0 Å². The largest absolute Gasteiger partial charge is 0.496 e. The van der Waals surface area contributed by atoms with E-state index >= 15 is 0 Å². The number of benzene rings is 2. The second-order valence-electron chi connectivity index (χ2n) is 8.53. The SMILES string of the molecule is CCCCO[C@H](CC)c1cccc(-c2csc(NC(=O)c3cc(Cl)c(/C=C(\C)C(=O)O)c(Cl)c3)n2)c1OC. The number of carboxylic acid groups (broad SMARTS) is 1. The van der Waals surface area contributed by atoms with E-state index < -0.39 is 11.9 Å². The van der Waals surface area contributed by atoms with Crippen molar-refractivity contribution in [2.24, 2.45) is 0 Å². The lowest BCUT2D eigenvalue weighted by atomic mass is 10.0. The van der Waals surface area contributed by atoms with Gasteiger partial charge in [-0.25, -0.2) is 9.78 Å². The average Bonchev–Trinajstić information content (AvgIpc) is 3.36. The van der Waals surface area contributed by atoms with Gasteiger partial charge in [-0.05, 0) is 44.0 Å². The molecule has 3 rings (SSSR count). The van der Waals surface area contributed by atoms with E-state index in [1.54, 1.807) is 7.11 Å². The van der Waals surface area contributed by atoms with Crippen LogP contribution in [0.3, 0.4) is 0 Å². The van der Waals surface area contributed by atoms with E-state index in [9.17, 15) is 9.59 Å². The maximum Gasteiger partial charge on any atom is 0.331 e. The number of amides is 1. The minimum Gasteiger partial charge on any atom is -0.496 e. The minimum atomic E-state index is -1.09. The molecule has 0 aliphatic rings. The van der Waals surface area contributed by atoms with Crippen LogP contribution in [0.2, 0.25) is 10.0 Å². The third-order valence-electron chi connectivity index (χ3n) is 5.82. The Morgan fingerprint density at radius 3 is 2.53 bits per heavy atom. The van der Waals surface area contributed by atoms with Gasteiger partial charge in [0, 0.05) is 39.8 Å². The molecule has 1 amide bonds. The zero-order valence-corrected chi connectivity index (χ0v) is 24.0. The van der Waals surface area contributed by atoms with Gasteiger partial charge in [0.25, 0.3) is 5.91 Å². The fraction of sp³-hybridized carbons (Fsp3) is 0.321. The fourth-order valence-corrected chi connectivity index (χ4v) is 5.09. The van der Waals surface area contributed by atoms with E-state index in [-0.39, 0.29) is 27.3 Å². The number of nitrogens with zero attached hydrogens (tertiary/aromatic N) is 1. The molecular formula is C28H30Cl2N2O5S. The molecule has 0 bridgehead atoms. The van der Waals surface area contributed by atoms with Gasteiger partial charge >= 0.3 is 5.97 Å². The van der Waals surface area contributed by atoms with Crippen molar-refractivity contribution in [3.05, 3.63) is 68.0 Å². The molecule has 1 heterocycles. The van der Waals surface area contributed by atoms with Crippen molar-refractivity contribution >= 4 is 57.6 Å². The van der Waals surface area contributed by atoms with Gasteiger partial charge in [-0.3, -0.25) is 10.1 Å². The van der Waals surface area contributed by atoms with Crippen LogP contribution in [0.4, 0.5) is 5.13 Å². The first-order valence-corrected chi connectivity index (χ1v) is 13.8. The van der Waals surface area contributed by atoms with Crippen molar-refractivity contribution in [2.75, 3.05) is 19.0 Å². The maximum absolute atomic E-state index is 12.9. The number of aliphatic carboxylic acids is 1. The molecule has 0 spiro atoms. The monoisotopic (exact) mass is 576 g/mol. The number of para-hydroxylation sites is 1. The van der Waals surface area contributed by atoms with E-state index in [1.165, 1.54) is 36.5 Å². The number of ether oxygens (including phenoxy) is 2. The summed E-state index contributed by atoms with van der Waals surface area (Å²) in [6.07, 6.45) is 4.12. The van der Waals surface area contributed by atoms with Crippen LogP contribution >= 0.6 is 34.5 Å². The molecule has 0 aliphatic carbocycles. The second kappa shape index (κ2) is 13.8. The second-order valence-corrected chi connectivity index (χ2v) is 10.2. The molecule has 10 heteroatoms. The van der Waals surface area contributed by atoms with Gasteiger partial charge in [-0.15, -0.1) is 11.3 Å². The molecule has 3 aromatic rings. The summed E-state index contributed by atoms with van der Waals surface area (Å²) in [6.45, 7) is 6.32. The first kappa shape index (κ1) is 29.6. The normalized spacial score (nSPS) is 12.3. The molecule has 0 radical (unpaired) electrons. The Kier molecular flexibility index (Phi) is 10.7. The first-order valence-electron chi connectivity index (χ1n) is 12.2. The number of thiazole rings is 1. The number of rotatable bonds is 12. The summed E-state index contributed by atoms with van der Waals surface area (Å²) in [6, 6.07) is 8.75. The molecule has 0 fully saturated rings. The molecular weight excluding hydrogens is 547 g/mol. The lowest BCUT2D eigenvalue weighted by Gasteiger charge is -2.20. The Balaban J connectivity index is 1.84. The molecule has 7 nitrogen and oxygen atoms in total. The zero-order chi connectivity index (χ0) is 27.8. The standard InChI is InChI=1S/C28H30Cl2N2O5S/c1-5-7-11-37-24(6-2)19-10-8-9-18(25(19)36-4)23-15-38-28(31-23)32-26(33)17-13-21(29)20(22(30)14-17)12-16(3)27(34)35/h8-10,12-15,24H,5-7,11H2,1-4H3,(H,34,35)(H,31,32,33)/b16-12+/t24-/m1/s1. The summed E-state index contributed by atoms with van der Waals surface area (Å²) in [4.78, 5) is 28.7. The molecule has 2 aromatic carbocycles. The van der Waals surface area contributed by atoms with Crippen LogP contribution in [0.5, 0.6) is 5.75 Å². The molecule has 1 aromatic heterocycles. The van der Waals surface area contributed by atoms with Gasteiger partial charge in [0.15, 0.2) is 5.13 Å². The van der Waals surface area contributed by atoms with Crippen molar-refractivity contribution in [3.63, 3.8) is 0 Å². The summed E-state index contributed by atoms with van der Waals surface area (Å²) in [5, 5.41) is 14.4. The lowest BCUT2D eigenvalue weighted by molar-refractivity contribution is -0.132. The Labute approximate surface area is 236 Å². The number of aromatic nitrogens is 1. The number of anilines is 1. The smallest absolute Gasteiger partial charge is 0.331 e. The highest BCUT2D eigenvalue weighted by Crippen LogP contribution is 2.39. The highest BCUT2D eigenvalue weighted by Gasteiger charge is 2.21. The maximum atomic E-state index is 12.9. The van der Waals surface area contributed by atoms with Crippen molar-refractivity contribution in [2.45, 2.75) is 46.1 Å². The van der Waals surface area contributed by atoms with E-state index in [1.807, 2.05) is 23.6 Å². The van der Waals surface area contributed by atoms with E-state index in [0.717, 1.165) is 30.4 Å². The van der Waals surface area contributed by atoms with E-state index in [4.69, 9.17) is 37.8 Å². The number of halogens is 2. The number of unbranched alkanes of at least 4 members (excludes halogenated alkanes) is 1. The van der Waals surface area contributed by atoms with Crippen LogP contribution in [0, 0.1) is 0 Å². The number of carboxylic acids is 1. The van der Waals surface area contributed by atoms with Gasteiger partial charge in [-0.2, -0.15) is 0 Å². The van der Waals surface area contributed by atoms with Gasteiger partial charge in [0.05, 0.1) is 29.0 Å². The van der Waals surface area contributed by atoms with E-state index in [0.29, 0.717) is 28.7 Å². The first-order chi connectivity index (χ1) is 18.2. The molecule has 0 aliphatic heterocycles. The topological polar surface area (TPSA) is 97.8 Å². The van der Waals surface area contributed by atoms with Crippen LogP contribution in [0.25, 0.3) is 17.3 Å². The summed E-state index contributed by atoms with van der Waals surface area (Å²) >= 11 is 13.9. The predicted molar refractivity (Wildman–Crippen MR) is 154 cm³/mol. The molecule has 2 N–H and O–H groups in total. The molecule has 1 atom stereocenters. The average molecular weight is 578 g/mol. The zero-order valence-electron chi connectivity index (χ0n) is 21.6. The third kappa shape index (κ3) is 7.14. The number of hydrogen-bond donors (Lipinski definition) is 2. The van der Waals surface area contributed by atoms with Gasteiger partial charge in [-0.1, -0.05) is 55.6 Å². The molecule has 0 saturated heterocycles. The van der Waals surface area contributed by atoms with Gasteiger partial charge in [0.2, 0.25) is 0 Å². The van der Waals surface area contributed by atoms with Gasteiger partial charge in [0.1, 0.15) is 5.75 Å². The molecule has 0 saturated carbocycles. The summed E-state index contributed by atoms with van der Waals surface area (Å²) in [5.41, 5.74) is 3.04. The predicted octanol–water partition coefficient (Wildman–Crippen LogP) is 8.13. The van der Waals surface area contributed by atoms with Crippen LogP contribution in [-0.4, -0.2) is 35.7 Å². The van der Waals surface area contributed by atoms with Gasteiger partial charge < -0.3 is 14.6 Å². The fourth-order valence-electron chi connectivity index (χ4n) is 3.79. The summed E-state index contributed by atoms with van der Waals surface area (Å²) < 4.78 is 11.9. The number of hydrogen-bond acceptors (Lipinski definition) is 6. The number of carbonyl (C=O) groups is 2. The van der Waals surface area contributed by atoms with Crippen molar-refractivity contribution in [3.8, 4) is 17.0 Å². The van der Waals surface area contributed by atoms with Crippen LogP contribution < -0.4 is 10.1 Å². The Morgan fingerprint density at radius 2 is 1.92 bits per heavy atom. The Bertz CT molecular complexity index is 1320. The van der Waals surface area contributed by atoms with Crippen molar-refractivity contribution in [1.82, 2.24) is 4.98 Å². The molecule has 202 valence electrons. The number of nitrogens with one attached hydrogen (secondary N) is 1. The van der Waals surface area contributed by atoms with Crippen LogP contribution in [-0.2, 0) is 9.53 Å². The lowest BCUT2D eigenvalue weighted by Crippen LogP contribution is -2.12.